The van der Waals surface area contributed by atoms with Gasteiger partial charge in [0.25, 0.3) is 0 Å². The van der Waals surface area contributed by atoms with Crippen molar-refractivity contribution in [3.63, 3.8) is 0 Å². The SMILES string of the molecule is C=C(F)/C=C(/CC(N)C(C)C(=O)NCC(C)(C)CNC(=O)C(O)C(N)Cc1ccccc1)C(=C)F. The molecule has 0 heterocycles. The first-order chi connectivity index (χ1) is 16.2. The van der Waals surface area contributed by atoms with Crippen LogP contribution in [0.25, 0.3) is 0 Å². The van der Waals surface area contributed by atoms with Gasteiger partial charge in [0.05, 0.1) is 5.92 Å². The molecule has 7 N–H and O–H groups in total. The first-order valence-corrected chi connectivity index (χ1v) is 11.4. The Morgan fingerprint density at radius 2 is 1.60 bits per heavy atom. The van der Waals surface area contributed by atoms with Crippen molar-refractivity contribution in [2.75, 3.05) is 13.1 Å². The molecule has 1 aromatic rings. The molecule has 0 aliphatic heterocycles. The summed E-state index contributed by atoms with van der Waals surface area (Å²) in [7, 11) is 0. The average Bonchev–Trinajstić information content (AvgIpc) is 2.79. The van der Waals surface area contributed by atoms with Crippen molar-refractivity contribution in [1.82, 2.24) is 10.6 Å². The van der Waals surface area contributed by atoms with E-state index in [0.717, 1.165) is 11.6 Å². The summed E-state index contributed by atoms with van der Waals surface area (Å²) < 4.78 is 26.6. The number of rotatable bonds is 14. The van der Waals surface area contributed by atoms with Crippen LogP contribution in [0.2, 0.25) is 0 Å². The second-order valence-corrected chi connectivity index (χ2v) is 9.58. The van der Waals surface area contributed by atoms with E-state index in [-0.39, 0.29) is 31.0 Å². The minimum atomic E-state index is -1.38. The molecule has 9 heteroatoms. The molecule has 0 saturated carbocycles. The quantitative estimate of drug-likeness (QED) is 0.255. The average molecular weight is 493 g/mol. The van der Waals surface area contributed by atoms with Gasteiger partial charge in [0, 0.05) is 25.2 Å². The van der Waals surface area contributed by atoms with E-state index < -0.39 is 47.1 Å². The van der Waals surface area contributed by atoms with Crippen molar-refractivity contribution in [2.24, 2.45) is 22.8 Å². The summed E-state index contributed by atoms with van der Waals surface area (Å²) in [5.41, 5.74) is 12.3. The summed E-state index contributed by atoms with van der Waals surface area (Å²) in [6.07, 6.45) is -0.225. The topological polar surface area (TPSA) is 130 Å². The normalized spacial score (nSPS) is 15.5. The van der Waals surface area contributed by atoms with Gasteiger partial charge in [-0.2, -0.15) is 0 Å². The molecule has 4 unspecified atom stereocenters. The largest absolute Gasteiger partial charge is 0.382 e. The van der Waals surface area contributed by atoms with E-state index in [2.05, 4.69) is 23.8 Å². The number of hydrogen-bond donors (Lipinski definition) is 5. The molecule has 0 aliphatic carbocycles. The van der Waals surface area contributed by atoms with Crippen molar-refractivity contribution in [3.8, 4) is 0 Å². The van der Waals surface area contributed by atoms with Gasteiger partial charge in [0.2, 0.25) is 11.8 Å². The van der Waals surface area contributed by atoms with Crippen LogP contribution in [0.5, 0.6) is 0 Å². The number of halogens is 2. The molecule has 0 aromatic heterocycles. The summed E-state index contributed by atoms with van der Waals surface area (Å²) in [5.74, 6) is -3.34. The highest BCUT2D eigenvalue weighted by molar-refractivity contribution is 5.81. The highest BCUT2D eigenvalue weighted by atomic mass is 19.1. The van der Waals surface area contributed by atoms with Crippen molar-refractivity contribution in [3.05, 3.63) is 72.4 Å². The number of amides is 2. The fraction of sp³-hybridized carbons (Fsp3) is 0.462. The third kappa shape index (κ3) is 10.9. The lowest BCUT2D eigenvalue weighted by molar-refractivity contribution is -0.130. The molecule has 194 valence electrons. The van der Waals surface area contributed by atoms with Crippen LogP contribution in [0.4, 0.5) is 8.78 Å². The predicted octanol–water partition coefficient (Wildman–Crippen LogP) is 2.42. The molecule has 35 heavy (non-hydrogen) atoms. The fourth-order valence-corrected chi connectivity index (χ4v) is 3.24. The fourth-order valence-electron chi connectivity index (χ4n) is 3.24. The van der Waals surface area contributed by atoms with E-state index in [1.807, 2.05) is 44.2 Å². The molecule has 1 aromatic carbocycles. The van der Waals surface area contributed by atoms with Crippen LogP contribution in [0.1, 0.15) is 32.8 Å². The molecule has 0 radical (unpaired) electrons. The van der Waals surface area contributed by atoms with Crippen molar-refractivity contribution >= 4 is 11.8 Å². The van der Waals surface area contributed by atoms with E-state index in [9.17, 15) is 23.5 Å². The summed E-state index contributed by atoms with van der Waals surface area (Å²) in [4.78, 5) is 24.9. The molecule has 0 saturated heterocycles. The molecule has 0 spiro atoms. The smallest absolute Gasteiger partial charge is 0.250 e. The Kier molecular flexibility index (Phi) is 11.9. The lowest BCUT2D eigenvalue weighted by atomic mass is 9.91. The molecule has 2 amide bonds. The van der Waals surface area contributed by atoms with Crippen molar-refractivity contribution in [2.45, 2.75) is 51.8 Å². The summed E-state index contributed by atoms with van der Waals surface area (Å²) in [6.45, 7) is 11.8. The van der Waals surface area contributed by atoms with Crippen molar-refractivity contribution in [1.29, 1.82) is 0 Å². The van der Waals surface area contributed by atoms with Crippen LogP contribution < -0.4 is 22.1 Å². The van der Waals surface area contributed by atoms with E-state index in [1.165, 1.54) is 0 Å². The second kappa shape index (κ2) is 13.9. The van der Waals surface area contributed by atoms with Gasteiger partial charge in [0.1, 0.15) is 17.8 Å². The summed E-state index contributed by atoms with van der Waals surface area (Å²) >= 11 is 0. The molecule has 7 nitrogen and oxygen atoms in total. The van der Waals surface area contributed by atoms with Crippen LogP contribution in [-0.2, 0) is 16.0 Å². The third-order valence-electron chi connectivity index (χ3n) is 5.66. The lowest BCUT2D eigenvalue weighted by Crippen LogP contribution is -2.51. The number of carbonyl (C=O) groups excluding carboxylic acids is 2. The van der Waals surface area contributed by atoms with Gasteiger partial charge in [-0.15, -0.1) is 0 Å². The first-order valence-electron chi connectivity index (χ1n) is 11.4. The minimum Gasteiger partial charge on any atom is -0.382 e. The molecule has 0 fully saturated rings. The van der Waals surface area contributed by atoms with Crippen molar-refractivity contribution < 1.29 is 23.5 Å². The maximum absolute atomic E-state index is 13.5. The zero-order chi connectivity index (χ0) is 26.8. The maximum atomic E-state index is 13.5. The molecular weight excluding hydrogens is 454 g/mol. The van der Waals surface area contributed by atoms with Gasteiger partial charge in [-0.05, 0) is 35.5 Å². The highest BCUT2D eigenvalue weighted by Gasteiger charge is 2.28. The Morgan fingerprint density at radius 1 is 1.06 bits per heavy atom. The maximum Gasteiger partial charge on any atom is 0.250 e. The Bertz CT molecular complexity index is 918. The number of aliphatic hydroxyl groups excluding tert-OH is 1. The standard InChI is InChI=1S/C26H38F2N4O3/c1-16(27)11-20(18(3)28)13-21(29)17(2)24(34)31-14-26(4,5)15-32-25(35)23(33)22(30)12-19-9-7-6-8-10-19/h6-11,17,21-23,33H,1,3,12-15,29-30H2,2,4-5H3,(H,31,34)(H,32,35)/b20-11-. The Hall–Kier alpha value is -2.88. The summed E-state index contributed by atoms with van der Waals surface area (Å²) in [5, 5.41) is 15.7. The van der Waals surface area contributed by atoms with Gasteiger partial charge < -0.3 is 27.2 Å². The zero-order valence-corrected chi connectivity index (χ0v) is 20.7. The molecule has 0 aliphatic rings. The molecular formula is C26H38F2N4O3. The molecule has 0 bridgehead atoms. The number of nitrogens with two attached hydrogens (primary N) is 2. The Balaban J connectivity index is 2.55. The first kappa shape index (κ1) is 30.2. The van der Waals surface area contributed by atoms with Gasteiger partial charge in [-0.3, -0.25) is 9.59 Å². The molecule has 4 atom stereocenters. The second-order valence-electron chi connectivity index (χ2n) is 9.58. The van der Waals surface area contributed by atoms with E-state index >= 15 is 0 Å². The minimum absolute atomic E-state index is 0.0586. The Labute approximate surface area is 206 Å². The Morgan fingerprint density at radius 3 is 2.11 bits per heavy atom. The molecule has 1 rings (SSSR count). The van der Waals surface area contributed by atoms with Gasteiger partial charge in [-0.25, -0.2) is 8.78 Å². The monoisotopic (exact) mass is 492 g/mol. The van der Waals surface area contributed by atoms with E-state index in [1.54, 1.807) is 6.92 Å². The number of benzene rings is 1. The van der Waals surface area contributed by atoms with Gasteiger partial charge >= 0.3 is 0 Å². The van der Waals surface area contributed by atoms with Crippen LogP contribution in [-0.4, -0.2) is 48.2 Å². The predicted molar refractivity (Wildman–Crippen MR) is 134 cm³/mol. The lowest BCUT2D eigenvalue weighted by Gasteiger charge is -2.28. The van der Waals surface area contributed by atoms with E-state index in [4.69, 9.17) is 11.5 Å². The zero-order valence-electron chi connectivity index (χ0n) is 20.7. The number of hydrogen-bond acceptors (Lipinski definition) is 5. The van der Waals surface area contributed by atoms with Gasteiger partial charge in [0.15, 0.2) is 0 Å². The number of nitrogens with one attached hydrogen (secondary N) is 2. The van der Waals surface area contributed by atoms with Crippen LogP contribution in [0, 0.1) is 11.3 Å². The number of carbonyl (C=O) groups is 2. The van der Waals surface area contributed by atoms with Gasteiger partial charge in [-0.1, -0.05) is 64.3 Å². The number of allylic oxidation sites excluding steroid dienone is 3. The van der Waals surface area contributed by atoms with Crippen LogP contribution >= 0.6 is 0 Å². The highest BCUT2D eigenvalue weighted by Crippen LogP contribution is 2.21. The number of aliphatic hydroxyl groups is 1. The van der Waals surface area contributed by atoms with Crippen LogP contribution in [0.15, 0.2) is 66.8 Å². The van der Waals surface area contributed by atoms with E-state index in [0.29, 0.717) is 6.42 Å². The van der Waals surface area contributed by atoms with Crippen LogP contribution in [0.3, 0.4) is 0 Å². The summed E-state index contributed by atoms with van der Waals surface area (Å²) in [6, 6.07) is 7.76. The third-order valence-corrected chi connectivity index (χ3v) is 5.66.